The fraction of sp³-hybridized carbons (Fsp3) is 0.600. The first-order valence-electron chi connectivity index (χ1n) is 9.45. The van der Waals surface area contributed by atoms with Crippen LogP contribution < -0.4 is 5.73 Å². The van der Waals surface area contributed by atoms with Gasteiger partial charge in [0.2, 0.25) is 5.95 Å². The molecule has 1 fully saturated rings. The highest BCUT2D eigenvalue weighted by molar-refractivity contribution is 7.99. The quantitative estimate of drug-likeness (QED) is 0.605. The molecule has 0 radical (unpaired) electrons. The first-order valence-corrected chi connectivity index (χ1v) is 10.4. The van der Waals surface area contributed by atoms with Gasteiger partial charge in [-0.1, -0.05) is 23.9 Å². The zero-order valence-corrected chi connectivity index (χ0v) is 16.4. The minimum atomic E-state index is 0.376. The van der Waals surface area contributed by atoms with Gasteiger partial charge < -0.3 is 10.6 Å². The minimum Gasteiger partial charge on any atom is -0.375 e. The molecule has 2 N–H and O–H groups in total. The van der Waals surface area contributed by atoms with Crippen molar-refractivity contribution in [2.75, 3.05) is 24.6 Å². The number of aryl methyl sites for hydroxylation is 1. The van der Waals surface area contributed by atoms with Crippen LogP contribution in [-0.4, -0.2) is 33.7 Å². The van der Waals surface area contributed by atoms with E-state index in [4.69, 9.17) is 5.73 Å². The molecule has 2 heterocycles. The number of aromatic nitrogens is 2. The lowest BCUT2D eigenvalue weighted by Crippen LogP contribution is -2.29. The molecule has 2 aliphatic rings. The summed E-state index contributed by atoms with van der Waals surface area (Å²) < 4.78 is 0. The van der Waals surface area contributed by atoms with Crippen molar-refractivity contribution in [1.82, 2.24) is 14.9 Å². The maximum absolute atomic E-state index is 5.96. The lowest BCUT2D eigenvalue weighted by atomic mass is 9.88. The van der Waals surface area contributed by atoms with E-state index in [1.165, 1.54) is 60.9 Å². The Morgan fingerprint density at radius 2 is 1.80 bits per heavy atom. The first-order chi connectivity index (χ1) is 12.1. The summed E-state index contributed by atoms with van der Waals surface area (Å²) in [6.07, 6.45) is 8.75. The Kier molecular flexibility index (Phi) is 6.05. The predicted molar refractivity (Wildman–Crippen MR) is 108 cm³/mol. The fourth-order valence-corrected chi connectivity index (χ4v) is 4.93. The third-order valence-corrected chi connectivity index (χ3v) is 6.34. The van der Waals surface area contributed by atoms with Crippen molar-refractivity contribution in [1.29, 1.82) is 0 Å². The van der Waals surface area contributed by atoms with E-state index in [1.807, 2.05) is 0 Å². The Balaban J connectivity index is 1.81. The van der Waals surface area contributed by atoms with E-state index in [9.17, 15) is 0 Å². The molecule has 1 aliphatic carbocycles. The van der Waals surface area contributed by atoms with E-state index in [1.54, 1.807) is 11.8 Å². The summed E-state index contributed by atoms with van der Waals surface area (Å²) in [4.78, 5) is 11.5. The second-order valence-corrected chi connectivity index (χ2v) is 8.18. The zero-order chi connectivity index (χ0) is 17.8. The molecule has 4 nitrogen and oxygen atoms in total. The summed E-state index contributed by atoms with van der Waals surface area (Å²) in [5, 5.41) is 1.03. The number of hydrogen-bond donors (Lipinski definition) is 1. The molecule has 3 rings (SSSR count). The highest BCUT2D eigenvalue weighted by Gasteiger charge is 2.20. The van der Waals surface area contributed by atoms with Gasteiger partial charge in [-0.05, 0) is 64.4 Å². The molecule has 0 bridgehead atoms. The molecule has 0 atom stereocenters. The van der Waals surface area contributed by atoms with Gasteiger partial charge in [0, 0.05) is 30.1 Å². The van der Waals surface area contributed by atoms with Crippen LogP contribution in [0.4, 0.5) is 5.95 Å². The molecule has 1 saturated heterocycles. The van der Waals surface area contributed by atoms with Crippen molar-refractivity contribution in [2.45, 2.75) is 63.8 Å². The molecule has 0 saturated carbocycles. The molecule has 0 amide bonds. The Hall–Kier alpha value is -1.49. The lowest BCUT2D eigenvalue weighted by molar-refractivity contribution is 0.288. The average molecular weight is 359 g/mol. The van der Waals surface area contributed by atoms with Gasteiger partial charge in [0.05, 0.1) is 5.69 Å². The minimum absolute atomic E-state index is 0.376. The van der Waals surface area contributed by atoms with Crippen molar-refractivity contribution >= 4 is 23.3 Å². The van der Waals surface area contributed by atoms with Crippen LogP contribution in [0, 0.1) is 6.92 Å². The molecule has 1 aliphatic heterocycles. The molecule has 0 aromatic carbocycles. The first kappa shape index (κ1) is 18.3. The lowest BCUT2D eigenvalue weighted by Gasteiger charge is -2.30. The van der Waals surface area contributed by atoms with Gasteiger partial charge in [-0.25, -0.2) is 9.97 Å². The van der Waals surface area contributed by atoms with Crippen LogP contribution in [0.25, 0.3) is 5.57 Å². The maximum Gasteiger partial charge on any atom is 0.221 e. The van der Waals surface area contributed by atoms with Crippen LogP contribution in [-0.2, 0) is 0 Å². The summed E-state index contributed by atoms with van der Waals surface area (Å²) in [6, 6.07) is 0. The van der Waals surface area contributed by atoms with Crippen LogP contribution in [0.1, 0.15) is 63.1 Å². The molecule has 0 spiro atoms. The Labute approximate surface area is 156 Å². The number of piperidine rings is 1. The second kappa shape index (κ2) is 8.26. The standard InChI is InChI=1S/C20H30N4S/c1-14-9-5-6-10-17(14)18-16(3)22-20(21)23-19(18)25-13-15(2)24-11-7-4-8-12-24/h2,4-13H2,1,3H3,(H2,21,22,23). The van der Waals surface area contributed by atoms with Crippen molar-refractivity contribution in [3.63, 3.8) is 0 Å². The van der Waals surface area contributed by atoms with Crippen LogP contribution in [0.5, 0.6) is 0 Å². The van der Waals surface area contributed by atoms with Gasteiger partial charge in [0.25, 0.3) is 0 Å². The van der Waals surface area contributed by atoms with Crippen LogP contribution in [0.15, 0.2) is 22.9 Å². The van der Waals surface area contributed by atoms with Crippen LogP contribution in [0.2, 0.25) is 0 Å². The average Bonchev–Trinajstić information content (AvgIpc) is 2.61. The van der Waals surface area contributed by atoms with Crippen molar-refractivity contribution in [2.24, 2.45) is 0 Å². The van der Waals surface area contributed by atoms with E-state index >= 15 is 0 Å². The van der Waals surface area contributed by atoms with Gasteiger partial charge in [0.1, 0.15) is 5.03 Å². The van der Waals surface area contributed by atoms with Crippen LogP contribution in [0.3, 0.4) is 0 Å². The zero-order valence-electron chi connectivity index (χ0n) is 15.6. The normalized spacial score (nSPS) is 18.6. The SMILES string of the molecule is C=C(CSc1nc(N)nc(C)c1C1=C(C)CCCC1)N1CCCCC1. The number of nitrogen functional groups attached to an aromatic ring is 1. The number of allylic oxidation sites excluding steroid dienone is 2. The molecule has 25 heavy (non-hydrogen) atoms. The number of anilines is 1. The van der Waals surface area contributed by atoms with E-state index in [0.717, 1.165) is 36.0 Å². The van der Waals surface area contributed by atoms with Crippen molar-refractivity contribution < 1.29 is 0 Å². The van der Waals surface area contributed by atoms with Crippen molar-refractivity contribution in [3.05, 3.63) is 29.1 Å². The number of rotatable bonds is 5. The molecule has 1 aromatic heterocycles. The molecule has 5 heteroatoms. The number of likely N-dealkylation sites (tertiary alicyclic amines) is 1. The number of thioether (sulfide) groups is 1. The topological polar surface area (TPSA) is 55.0 Å². The van der Waals surface area contributed by atoms with E-state index in [2.05, 4.69) is 35.3 Å². The third kappa shape index (κ3) is 4.38. The Morgan fingerprint density at radius 1 is 1.08 bits per heavy atom. The highest BCUT2D eigenvalue weighted by atomic mass is 32.2. The van der Waals surface area contributed by atoms with Gasteiger partial charge in [-0.2, -0.15) is 0 Å². The Bertz CT molecular complexity index is 675. The number of nitrogens with two attached hydrogens (primary N) is 1. The number of nitrogens with zero attached hydrogens (tertiary/aromatic N) is 3. The smallest absolute Gasteiger partial charge is 0.221 e. The summed E-state index contributed by atoms with van der Waals surface area (Å²) in [5.74, 6) is 1.25. The number of hydrogen-bond acceptors (Lipinski definition) is 5. The second-order valence-electron chi connectivity index (χ2n) is 7.22. The summed E-state index contributed by atoms with van der Waals surface area (Å²) >= 11 is 1.77. The Morgan fingerprint density at radius 3 is 2.52 bits per heavy atom. The molecular formula is C20H30N4S. The third-order valence-electron chi connectivity index (χ3n) is 5.30. The summed E-state index contributed by atoms with van der Waals surface area (Å²) in [7, 11) is 0. The summed E-state index contributed by atoms with van der Waals surface area (Å²) in [6.45, 7) is 10.9. The van der Waals surface area contributed by atoms with E-state index in [0.29, 0.717) is 5.95 Å². The molecule has 1 aromatic rings. The fourth-order valence-electron chi connectivity index (χ4n) is 3.87. The van der Waals surface area contributed by atoms with Gasteiger partial charge in [0.15, 0.2) is 0 Å². The molecular weight excluding hydrogens is 328 g/mol. The van der Waals surface area contributed by atoms with Crippen LogP contribution >= 0.6 is 11.8 Å². The van der Waals surface area contributed by atoms with Gasteiger partial charge >= 0.3 is 0 Å². The van der Waals surface area contributed by atoms with Gasteiger partial charge in [-0.15, -0.1) is 0 Å². The highest BCUT2D eigenvalue weighted by Crippen LogP contribution is 2.38. The van der Waals surface area contributed by atoms with E-state index < -0.39 is 0 Å². The van der Waals surface area contributed by atoms with E-state index in [-0.39, 0.29) is 0 Å². The monoisotopic (exact) mass is 358 g/mol. The predicted octanol–water partition coefficient (Wildman–Crippen LogP) is 4.81. The molecule has 0 unspecified atom stereocenters. The van der Waals surface area contributed by atoms with Gasteiger partial charge in [-0.3, -0.25) is 0 Å². The molecule has 136 valence electrons. The largest absolute Gasteiger partial charge is 0.375 e. The summed E-state index contributed by atoms with van der Waals surface area (Å²) in [5.41, 5.74) is 12.3. The van der Waals surface area contributed by atoms with Crippen molar-refractivity contribution in [3.8, 4) is 0 Å². The maximum atomic E-state index is 5.96.